The number of anilines is 3. The van der Waals surface area contributed by atoms with E-state index in [2.05, 4.69) is 25.6 Å². The number of aromatic nitrogens is 3. The second-order valence-corrected chi connectivity index (χ2v) is 7.22. The Bertz CT molecular complexity index is 1020. The highest BCUT2D eigenvalue weighted by molar-refractivity contribution is 5.68. The fourth-order valence-corrected chi connectivity index (χ4v) is 3.39. The first-order chi connectivity index (χ1) is 13.5. The molecule has 2 aromatic heterocycles. The number of nitrogens with one attached hydrogen (secondary N) is 2. The lowest BCUT2D eigenvalue weighted by molar-refractivity contribution is 0.218. The van der Waals surface area contributed by atoms with Crippen molar-refractivity contribution in [1.82, 2.24) is 15.0 Å². The van der Waals surface area contributed by atoms with Crippen LogP contribution in [-0.2, 0) is 5.41 Å². The van der Waals surface area contributed by atoms with Gasteiger partial charge in [0.05, 0.1) is 19.4 Å². The maximum Gasteiger partial charge on any atom is 0.227 e. The topological polar surface area (TPSA) is 92.2 Å². The molecule has 3 heterocycles. The van der Waals surface area contributed by atoms with Crippen LogP contribution in [0.4, 0.5) is 17.5 Å². The monoisotopic (exact) mass is 377 g/mol. The molecule has 1 aliphatic rings. The zero-order chi connectivity index (χ0) is 19.7. The van der Waals surface area contributed by atoms with E-state index in [4.69, 9.17) is 4.74 Å². The molecule has 0 saturated carbocycles. The van der Waals surface area contributed by atoms with Crippen molar-refractivity contribution in [2.45, 2.75) is 19.3 Å². The summed E-state index contributed by atoms with van der Waals surface area (Å²) in [6.45, 7) is 4.73. The summed E-state index contributed by atoms with van der Waals surface area (Å²) >= 11 is 0. The quantitative estimate of drug-likeness (QED) is 0.628. The highest BCUT2D eigenvalue weighted by Gasteiger charge is 2.35. The zero-order valence-electron chi connectivity index (χ0n) is 16.2. The van der Waals surface area contributed by atoms with E-state index >= 15 is 0 Å². The van der Waals surface area contributed by atoms with E-state index < -0.39 is 0 Å². The predicted molar refractivity (Wildman–Crippen MR) is 109 cm³/mol. The van der Waals surface area contributed by atoms with Gasteiger partial charge in [-0.15, -0.1) is 0 Å². The van der Waals surface area contributed by atoms with Gasteiger partial charge >= 0.3 is 0 Å². The highest BCUT2D eigenvalue weighted by Crippen LogP contribution is 2.37. The van der Waals surface area contributed by atoms with Crippen LogP contribution < -0.4 is 15.4 Å². The van der Waals surface area contributed by atoms with Gasteiger partial charge in [0.15, 0.2) is 0 Å². The van der Waals surface area contributed by atoms with Crippen LogP contribution >= 0.6 is 0 Å². The molecule has 0 spiro atoms. The molecule has 7 heteroatoms. The Morgan fingerprint density at radius 1 is 1.29 bits per heavy atom. The van der Waals surface area contributed by atoms with Crippen LogP contribution in [0.15, 0.2) is 42.7 Å². The average Bonchev–Trinajstić information content (AvgIpc) is 3.07. The van der Waals surface area contributed by atoms with Crippen LogP contribution in [0.3, 0.4) is 0 Å². The van der Waals surface area contributed by atoms with Gasteiger partial charge < -0.3 is 20.5 Å². The molecule has 144 valence electrons. The van der Waals surface area contributed by atoms with Gasteiger partial charge in [0, 0.05) is 46.7 Å². The third-order valence-electron chi connectivity index (χ3n) is 5.23. The molecule has 0 saturated heterocycles. The lowest BCUT2D eigenvalue weighted by atomic mass is 9.85. The van der Waals surface area contributed by atoms with Crippen molar-refractivity contribution in [1.29, 1.82) is 0 Å². The van der Waals surface area contributed by atoms with Crippen molar-refractivity contribution in [3.63, 3.8) is 0 Å². The highest BCUT2D eigenvalue weighted by atomic mass is 16.5. The van der Waals surface area contributed by atoms with Gasteiger partial charge in [-0.3, -0.25) is 0 Å². The lowest BCUT2D eigenvalue weighted by Crippen LogP contribution is -2.28. The molecule has 0 aliphatic carbocycles. The molecular weight excluding hydrogens is 354 g/mol. The molecule has 3 aromatic rings. The molecule has 28 heavy (non-hydrogen) atoms. The molecule has 0 radical (unpaired) electrons. The minimum Gasteiger partial charge on any atom is -0.496 e. The van der Waals surface area contributed by atoms with E-state index in [1.165, 1.54) is 0 Å². The average molecular weight is 377 g/mol. The second kappa shape index (κ2) is 7.09. The SMILES string of the molecule is COc1cccc(Nc2nccc(-c3cnc4c(c3)C(C)(CO)CN4)n2)c1C. The summed E-state index contributed by atoms with van der Waals surface area (Å²) in [7, 11) is 1.65. The Balaban J connectivity index is 1.66. The van der Waals surface area contributed by atoms with E-state index in [0.29, 0.717) is 12.5 Å². The number of hydrogen-bond acceptors (Lipinski definition) is 7. The number of ether oxygens (including phenoxy) is 1. The summed E-state index contributed by atoms with van der Waals surface area (Å²) in [5, 5.41) is 16.3. The predicted octanol–water partition coefficient (Wildman–Crippen LogP) is 3.27. The van der Waals surface area contributed by atoms with Gasteiger partial charge in [-0.25, -0.2) is 15.0 Å². The molecule has 1 aliphatic heterocycles. The Labute approximate surface area is 163 Å². The number of rotatable bonds is 5. The minimum absolute atomic E-state index is 0.0594. The molecule has 1 unspecified atom stereocenters. The van der Waals surface area contributed by atoms with Gasteiger partial charge in [-0.2, -0.15) is 0 Å². The van der Waals surface area contributed by atoms with Crippen molar-refractivity contribution in [3.8, 4) is 17.0 Å². The van der Waals surface area contributed by atoms with Crippen molar-refractivity contribution in [3.05, 3.63) is 53.9 Å². The fourth-order valence-electron chi connectivity index (χ4n) is 3.39. The van der Waals surface area contributed by atoms with Gasteiger partial charge in [-0.05, 0) is 31.2 Å². The Morgan fingerprint density at radius 3 is 2.93 bits per heavy atom. The Morgan fingerprint density at radius 2 is 2.14 bits per heavy atom. The van der Waals surface area contributed by atoms with E-state index in [-0.39, 0.29) is 12.0 Å². The summed E-state index contributed by atoms with van der Waals surface area (Å²) < 4.78 is 5.37. The van der Waals surface area contributed by atoms with E-state index in [0.717, 1.165) is 39.6 Å². The number of nitrogens with zero attached hydrogens (tertiary/aromatic N) is 3. The summed E-state index contributed by atoms with van der Waals surface area (Å²) in [6.07, 6.45) is 3.51. The largest absolute Gasteiger partial charge is 0.496 e. The van der Waals surface area contributed by atoms with Gasteiger partial charge in [0.2, 0.25) is 5.95 Å². The standard InChI is InChI=1S/C21H23N5O2/c1-13-16(5-4-6-18(13)28-3)25-20-22-8-7-17(26-20)14-9-15-19(23-10-14)24-11-21(15,2)12-27/h4-10,27H,11-12H2,1-3H3,(H,23,24)(H,22,25,26). The number of hydrogen-bond donors (Lipinski definition) is 3. The van der Waals surface area contributed by atoms with Crippen LogP contribution in [0.25, 0.3) is 11.3 Å². The minimum atomic E-state index is -0.343. The normalized spacial score (nSPS) is 17.7. The maximum atomic E-state index is 9.80. The van der Waals surface area contributed by atoms with Crippen LogP contribution in [-0.4, -0.2) is 40.3 Å². The summed E-state index contributed by atoms with van der Waals surface area (Å²) in [5.74, 6) is 2.12. The third kappa shape index (κ3) is 3.14. The smallest absolute Gasteiger partial charge is 0.227 e. The lowest BCUT2D eigenvalue weighted by Gasteiger charge is -2.20. The molecule has 0 bridgehead atoms. The number of fused-ring (bicyclic) bond motifs is 1. The third-order valence-corrected chi connectivity index (χ3v) is 5.23. The molecule has 1 atom stereocenters. The van der Waals surface area contributed by atoms with Crippen LogP contribution in [0.2, 0.25) is 0 Å². The second-order valence-electron chi connectivity index (χ2n) is 7.22. The number of methoxy groups -OCH3 is 1. The fraction of sp³-hybridized carbons (Fsp3) is 0.286. The van der Waals surface area contributed by atoms with Crippen LogP contribution in [0.1, 0.15) is 18.1 Å². The summed E-state index contributed by atoms with van der Waals surface area (Å²) in [4.78, 5) is 13.5. The van der Waals surface area contributed by atoms with E-state index in [9.17, 15) is 5.11 Å². The van der Waals surface area contributed by atoms with Crippen molar-refractivity contribution >= 4 is 17.5 Å². The van der Waals surface area contributed by atoms with Crippen LogP contribution in [0.5, 0.6) is 5.75 Å². The molecule has 0 fully saturated rings. The van der Waals surface area contributed by atoms with E-state index in [1.807, 2.05) is 44.2 Å². The molecule has 7 nitrogen and oxygen atoms in total. The van der Waals surface area contributed by atoms with Crippen molar-refractivity contribution < 1.29 is 9.84 Å². The number of pyridine rings is 1. The first kappa shape index (κ1) is 18.2. The Kier molecular flexibility index (Phi) is 4.60. The molecule has 3 N–H and O–H groups in total. The van der Waals surface area contributed by atoms with Crippen LogP contribution in [0, 0.1) is 6.92 Å². The number of aliphatic hydroxyl groups is 1. The number of aliphatic hydroxyl groups excluding tert-OH is 1. The maximum absolute atomic E-state index is 9.80. The zero-order valence-corrected chi connectivity index (χ0v) is 16.2. The molecular formula is C21H23N5O2. The molecule has 0 amide bonds. The first-order valence-corrected chi connectivity index (χ1v) is 9.13. The summed E-state index contributed by atoms with van der Waals surface area (Å²) in [5.41, 5.74) is 4.19. The van der Waals surface area contributed by atoms with Crippen molar-refractivity contribution in [2.75, 3.05) is 30.9 Å². The van der Waals surface area contributed by atoms with Gasteiger partial charge in [-0.1, -0.05) is 13.0 Å². The number of benzene rings is 1. The molecule has 1 aromatic carbocycles. The van der Waals surface area contributed by atoms with E-state index in [1.54, 1.807) is 19.5 Å². The summed E-state index contributed by atoms with van der Waals surface area (Å²) in [6, 6.07) is 9.70. The molecule has 4 rings (SSSR count). The van der Waals surface area contributed by atoms with Gasteiger partial charge in [0.25, 0.3) is 0 Å². The van der Waals surface area contributed by atoms with Crippen molar-refractivity contribution in [2.24, 2.45) is 0 Å². The first-order valence-electron chi connectivity index (χ1n) is 9.13. The van der Waals surface area contributed by atoms with Gasteiger partial charge in [0.1, 0.15) is 11.6 Å². The Hall–Kier alpha value is -3.19.